The molecule has 2 atom stereocenters. The predicted molar refractivity (Wildman–Crippen MR) is 83.6 cm³/mol. The number of halogens is 1. The third kappa shape index (κ3) is 2.59. The molecule has 1 aliphatic carbocycles. The maximum absolute atomic E-state index is 12.4. The van der Waals surface area contributed by atoms with Gasteiger partial charge in [0, 0.05) is 11.0 Å². The number of urea groups is 1. The van der Waals surface area contributed by atoms with Crippen molar-refractivity contribution < 1.29 is 9.59 Å². The van der Waals surface area contributed by atoms with Crippen molar-refractivity contribution in [3.8, 4) is 0 Å². The molecule has 21 heavy (non-hydrogen) atoms. The minimum Gasteiger partial charge on any atom is -0.305 e. The molecule has 2 unspecified atom stereocenters. The van der Waals surface area contributed by atoms with Gasteiger partial charge in [0.2, 0.25) is 0 Å². The van der Waals surface area contributed by atoms with E-state index in [0.29, 0.717) is 12.5 Å². The first-order chi connectivity index (χ1) is 10.0. The summed E-state index contributed by atoms with van der Waals surface area (Å²) in [6, 6.07) is 7.63. The minimum atomic E-state index is -0.642. The fraction of sp³-hybridized carbons (Fsp3) is 0.500. The second-order valence-electron chi connectivity index (χ2n) is 6.21. The summed E-state index contributed by atoms with van der Waals surface area (Å²) in [7, 11) is 0. The Morgan fingerprint density at radius 2 is 2.24 bits per heavy atom. The van der Waals surface area contributed by atoms with E-state index in [1.165, 1.54) is 0 Å². The summed E-state index contributed by atoms with van der Waals surface area (Å²) in [5, 5.41) is 2.52. The molecule has 4 nitrogen and oxygen atoms in total. The fourth-order valence-electron chi connectivity index (χ4n) is 3.61. The van der Waals surface area contributed by atoms with Gasteiger partial charge in [0.15, 0.2) is 0 Å². The summed E-state index contributed by atoms with van der Waals surface area (Å²) in [5.41, 5.74) is 0.392. The Bertz CT molecular complexity index is 589. The zero-order chi connectivity index (χ0) is 15.0. The number of carbonyl (C=O) groups excluding carboxylic acids is 2. The molecule has 0 radical (unpaired) electrons. The number of nitrogens with one attached hydrogen (secondary N) is 1. The van der Waals surface area contributed by atoms with Gasteiger partial charge in [-0.05, 0) is 36.5 Å². The molecule has 2 aliphatic rings. The van der Waals surface area contributed by atoms with Gasteiger partial charge in [-0.2, -0.15) is 0 Å². The lowest BCUT2D eigenvalue weighted by atomic mass is 9.75. The molecule has 1 N–H and O–H groups in total. The van der Waals surface area contributed by atoms with Crippen LogP contribution in [-0.2, 0) is 11.3 Å². The van der Waals surface area contributed by atoms with Gasteiger partial charge in [0.1, 0.15) is 5.54 Å². The van der Waals surface area contributed by atoms with Crippen molar-refractivity contribution in [3.63, 3.8) is 0 Å². The molecule has 1 saturated carbocycles. The summed E-state index contributed by atoms with van der Waals surface area (Å²) < 4.78 is 0.983. The predicted octanol–water partition coefficient (Wildman–Crippen LogP) is 3.45. The topological polar surface area (TPSA) is 49.4 Å². The van der Waals surface area contributed by atoms with Crippen LogP contribution in [0.25, 0.3) is 0 Å². The van der Waals surface area contributed by atoms with E-state index in [9.17, 15) is 9.59 Å². The Balaban J connectivity index is 1.90. The number of benzene rings is 1. The number of hydrogen-bond acceptors (Lipinski definition) is 2. The van der Waals surface area contributed by atoms with Crippen molar-refractivity contribution in [2.75, 3.05) is 0 Å². The lowest BCUT2D eigenvalue weighted by Crippen LogP contribution is -2.52. The van der Waals surface area contributed by atoms with Crippen LogP contribution in [0.15, 0.2) is 28.7 Å². The van der Waals surface area contributed by atoms with E-state index < -0.39 is 5.54 Å². The molecule has 1 aromatic carbocycles. The first kappa shape index (κ1) is 14.6. The molecule has 2 fully saturated rings. The van der Waals surface area contributed by atoms with Gasteiger partial charge in [0.25, 0.3) is 5.91 Å². The number of amides is 3. The molecule has 1 aliphatic heterocycles. The highest BCUT2D eigenvalue weighted by atomic mass is 79.9. The first-order valence-electron chi connectivity index (χ1n) is 7.39. The Labute approximate surface area is 133 Å². The van der Waals surface area contributed by atoms with Crippen molar-refractivity contribution in [1.82, 2.24) is 10.2 Å². The molecule has 1 spiro atoms. The highest BCUT2D eigenvalue weighted by molar-refractivity contribution is 9.10. The molecule has 1 heterocycles. The Morgan fingerprint density at radius 3 is 2.95 bits per heavy atom. The van der Waals surface area contributed by atoms with Gasteiger partial charge in [-0.1, -0.05) is 47.8 Å². The lowest BCUT2D eigenvalue weighted by Gasteiger charge is -2.40. The van der Waals surface area contributed by atoms with E-state index in [1.54, 1.807) is 4.90 Å². The van der Waals surface area contributed by atoms with Crippen LogP contribution in [0.4, 0.5) is 4.79 Å². The standard InChI is InChI=1S/C16H19BrN2O2/c1-11-4-3-7-16(9-11)14(20)18-15(21)19(16)10-12-5-2-6-13(17)8-12/h2,5-6,8,11H,3-4,7,9-10H2,1H3,(H,18,20,21). The normalized spacial score (nSPS) is 29.0. The van der Waals surface area contributed by atoms with Crippen LogP contribution in [-0.4, -0.2) is 22.4 Å². The van der Waals surface area contributed by atoms with Gasteiger partial charge in [-0.15, -0.1) is 0 Å². The number of rotatable bonds is 2. The van der Waals surface area contributed by atoms with E-state index in [4.69, 9.17) is 0 Å². The Kier molecular flexibility index (Phi) is 3.78. The van der Waals surface area contributed by atoms with Crippen molar-refractivity contribution in [1.29, 1.82) is 0 Å². The van der Waals surface area contributed by atoms with E-state index in [2.05, 4.69) is 28.2 Å². The number of carbonyl (C=O) groups is 2. The molecule has 3 amide bonds. The molecular weight excluding hydrogens is 332 g/mol. The zero-order valence-corrected chi connectivity index (χ0v) is 13.6. The Hall–Kier alpha value is -1.36. The quantitative estimate of drug-likeness (QED) is 0.830. The third-order valence-corrected chi connectivity index (χ3v) is 5.10. The molecular formula is C16H19BrN2O2. The average molecular weight is 351 g/mol. The zero-order valence-electron chi connectivity index (χ0n) is 12.1. The Morgan fingerprint density at radius 1 is 1.43 bits per heavy atom. The van der Waals surface area contributed by atoms with E-state index >= 15 is 0 Å². The van der Waals surface area contributed by atoms with Crippen LogP contribution in [0.2, 0.25) is 0 Å². The molecule has 0 bridgehead atoms. The van der Waals surface area contributed by atoms with E-state index in [0.717, 1.165) is 35.7 Å². The smallest absolute Gasteiger partial charge is 0.305 e. The van der Waals surface area contributed by atoms with Crippen LogP contribution in [0.3, 0.4) is 0 Å². The number of hydrogen-bond donors (Lipinski definition) is 1. The van der Waals surface area contributed by atoms with Crippen molar-refractivity contribution in [3.05, 3.63) is 34.3 Å². The van der Waals surface area contributed by atoms with Crippen molar-refractivity contribution in [2.45, 2.75) is 44.7 Å². The molecule has 5 heteroatoms. The number of nitrogens with zero attached hydrogens (tertiary/aromatic N) is 1. The third-order valence-electron chi connectivity index (χ3n) is 4.61. The molecule has 0 aromatic heterocycles. The van der Waals surface area contributed by atoms with Gasteiger partial charge >= 0.3 is 6.03 Å². The van der Waals surface area contributed by atoms with E-state index in [1.807, 2.05) is 24.3 Å². The van der Waals surface area contributed by atoms with Crippen LogP contribution >= 0.6 is 15.9 Å². The molecule has 112 valence electrons. The summed E-state index contributed by atoms with van der Waals surface area (Å²) in [6.07, 6.45) is 3.66. The highest BCUT2D eigenvalue weighted by Crippen LogP contribution is 2.40. The molecule has 3 rings (SSSR count). The largest absolute Gasteiger partial charge is 0.325 e. The maximum atomic E-state index is 12.4. The van der Waals surface area contributed by atoms with Gasteiger partial charge in [0.05, 0.1) is 0 Å². The summed E-state index contributed by atoms with van der Waals surface area (Å²) in [5.74, 6) is 0.356. The number of imide groups is 1. The molecule has 1 saturated heterocycles. The summed E-state index contributed by atoms with van der Waals surface area (Å²) in [4.78, 5) is 26.4. The van der Waals surface area contributed by atoms with E-state index in [-0.39, 0.29) is 11.9 Å². The van der Waals surface area contributed by atoms with Gasteiger partial charge in [-0.3, -0.25) is 10.1 Å². The fourth-order valence-corrected chi connectivity index (χ4v) is 4.06. The van der Waals surface area contributed by atoms with Gasteiger partial charge < -0.3 is 4.90 Å². The summed E-state index contributed by atoms with van der Waals surface area (Å²) in [6.45, 7) is 2.64. The average Bonchev–Trinajstić information content (AvgIpc) is 2.63. The highest BCUT2D eigenvalue weighted by Gasteiger charge is 2.53. The van der Waals surface area contributed by atoms with Crippen LogP contribution in [0.1, 0.15) is 38.2 Å². The summed E-state index contributed by atoms with van der Waals surface area (Å²) >= 11 is 3.45. The second-order valence-corrected chi connectivity index (χ2v) is 7.12. The maximum Gasteiger partial charge on any atom is 0.325 e. The van der Waals surface area contributed by atoms with Crippen LogP contribution < -0.4 is 5.32 Å². The van der Waals surface area contributed by atoms with Crippen molar-refractivity contribution in [2.24, 2.45) is 5.92 Å². The van der Waals surface area contributed by atoms with Gasteiger partial charge in [-0.25, -0.2) is 4.79 Å². The lowest BCUT2D eigenvalue weighted by molar-refractivity contribution is -0.129. The van der Waals surface area contributed by atoms with Crippen LogP contribution in [0, 0.1) is 5.92 Å². The molecule has 1 aromatic rings. The minimum absolute atomic E-state index is 0.117. The van der Waals surface area contributed by atoms with Crippen molar-refractivity contribution >= 4 is 27.9 Å². The SMILES string of the molecule is CC1CCCC2(C1)C(=O)NC(=O)N2Cc1cccc(Br)c1. The first-order valence-corrected chi connectivity index (χ1v) is 8.18. The monoisotopic (exact) mass is 350 g/mol. The van der Waals surface area contributed by atoms with Crippen LogP contribution in [0.5, 0.6) is 0 Å². The second kappa shape index (κ2) is 5.44.